The van der Waals surface area contributed by atoms with Crippen LogP contribution in [0.3, 0.4) is 0 Å². The van der Waals surface area contributed by atoms with Gasteiger partial charge in [0.15, 0.2) is 0 Å². The van der Waals surface area contributed by atoms with Gasteiger partial charge in [0.2, 0.25) is 5.88 Å². The summed E-state index contributed by atoms with van der Waals surface area (Å²) in [4.78, 5) is 9.52. The number of pyridine rings is 2. The Labute approximate surface area is 249 Å². The Morgan fingerprint density at radius 3 is 2.35 bits per heavy atom. The zero-order valence-electron chi connectivity index (χ0n) is 23.2. The van der Waals surface area contributed by atoms with Gasteiger partial charge >= 0.3 is 0 Å². The maximum absolute atomic E-state index is 10.5. The number of hydrogen-bond acceptors (Lipinski definition) is 4. The quantitative estimate of drug-likeness (QED) is 0.170. The second kappa shape index (κ2) is 11.4. The largest absolute Gasteiger partial charge is 0.506 e. The number of para-hydroxylation sites is 1. The first-order chi connectivity index (χ1) is 19.0. The molecule has 0 aliphatic carbocycles. The minimum Gasteiger partial charge on any atom is -0.506 e. The van der Waals surface area contributed by atoms with Crippen LogP contribution in [0, 0.1) is 6.07 Å². The van der Waals surface area contributed by atoms with Crippen molar-refractivity contribution in [1.29, 1.82) is 0 Å². The molecule has 6 aromatic rings. The van der Waals surface area contributed by atoms with E-state index in [1.165, 1.54) is 22.1 Å². The third-order valence-corrected chi connectivity index (χ3v) is 7.66. The Morgan fingerprint density at radius 1 is 0.800 bits per heavy atom. The summed E-state index contributed by atoms with van der Waals surface area (Å²) in [5.41, 5.74) is 7.49. The van der Waals surface area contributed by atoms with Gasteiger partial charge in [-0.3, -0.25) is 0 Å². The van der Waals surface area contributed by atoms with Crippen LogP contribution in [0.1, 0.15) is 49.9 Å². The number of nitrogens with zero attached hydrogens (tertiary/aromatic N) is 3. The van der Waals surface area contributed by atoms with Crippen LogP contribution in [0.5, 0.6) is 17.4 Å². The van der Waals surface area contributed by atoms with Crippen molar-refractivity contribution in [1.82, 2.24) is 14.5 Å². The van der Waals surface area contributed by atoms with E-state index >= 15 is 0 Å². The molecule has 3 heterocycles. The van der Waals surface area contributed by atoms with Crippen LogP contribution in [-0.2, 0) is 46.7 Å². The molecule has 40 heavy (non-hydrogen) atoms. The van der Waals surface area contributed by atoms with Crippen molar-refractivity contribution in [2.24, 2.45) is 0 Å². The van der Waals surface area contributed by atoms with E-state index in [0.29, 0.717) is 17.1 Å². The van der Waals surface area contributed by atoms with Crippen LogP contribution in [-0.4, -0.2) is 19.6 Å². The first kappa shape index (κ1) is 27.9. The van der Waals surface area contributed by atoms with Gasteiger partial charge in [-0.25, -0.2) is 9.97 Å². The Balaban J connectivity index is 0.00000323. The van der Waals surface area contributed by atoms with Crippen LogP contribution in [0.15, 0.2) is 66.9 Å². The molecule has 5 nitrogen and oxygen atoms in total. The SMILES string of the molecule is CCc1ccc2c(c1)c1ccc(Oc3cc(CC)c4cccc(O)c4n3)[c-]c1n2-c1cc(CC)c(CC)cn1.[Pt]. The number of hydrogen-bond donors (Lipinski definition) is 1. The van der Waals surface area contributed by atoms with Crippen molar-refractivity contribution in [3.63, 3.8) is 0 Å². The van der Waals surface area contributed by atoms with Gasteiger partial charge in [-0.15, -0.1) is 17.5 Å². The summed E-state index contributed by atoms with van der Waals surface area (Å²) < 4.78 is 8.48. The van der Waals surface area contributed by atoms with E-state index in [1.807, 2.05) is 30.5 Å². The molecule has 3 aromatic carbocycles. The zero-order valence-corrected chi connectivity index (χ0v) is 25.5. The number of phenolic OH excluding ortho intramolecular Hbond substituents is 1. The smallest absolute Gasteiger partial charge is 0.217 e. The van der Waals surface area contributed by atoms with E-state index in [-0.39, 0.29) is 26.8 Å². The minimum atomic E-state index is 0. The number of ether oxygens (including phenoxy) is 1. The molecule has 0 unspecified atom stereocenters. The fourth-order valence-corrected chi connectivity index (χ4v) is 5.51. The molecule has 0 spiro atoms. The minimum absolute atomic E-state index is 0. The van der Waals surface area contributed by atoms with Gasteiger partial charge in [0, 0.05) is 50.0 Å². The van der Waals surface area contributed by atoms with Crippen molar-refractivity contribution in [2.45, 2.75) is 53.4 Å². The average molecular weight is 710 g/mol. The van der Waals surface area contributed by atoms with E-state index in [4.69, 9.17) is 9.72 Å². The topological polar surface area (TPSA) is 60.2 Å². The number of aromatic nitrogens is 3. The van der Waals surface area contributed by atoms with Gasteiger partial charge in [-0.2, -0.15) is 6.07 Å². The van der Waals surface area contributed by atoms with Crippen LogP contribution in [0.4, 0.5) is 0 Å². The number of aromatic hydroxyl groups is 1. The van der Waals surface area contributed by atoms with Gasteiger partial charge in [0.1, 0.15) is 17.1 Å². The molecule has 206 valence electrons. The molecular weight excluding hydrogens is 677 g/mol. The molecule has 0 bridgehead atoms. The second-order valence-corrected chi connectivity index (χ2v) is 9.89. The van der Waals surface area contributed by atoms with Gasteiger partial charge in [-0.05, 0) is 71.5 Å². The number of rotatable bonds is 7. The molecule has 0 saturated heterocycles. The average Bonchev–Trinajstić information content (AvgIpc) is 3.29. The molecule has 0 amide bonds. The Kier molecular flexibility index (Phi) is 7.96. The number of benzene rings is 3. The van der Waals surface area contributed by atoms with Gasteiger partial charge in [0.25, 0.3) is 0 Å². The van der Waals surface area contributed by atoms with Crippen LogP contribution in [0.25, 0.3) is 38.5 Å². The maximum Gasteiger partial charge on any atom is 0.217 e. The van der Waals surface area contributed by atoms with Crippen LogP contribution in [0.2, 0.25) is 0 Å². The molecule has 0 aliphatic rings. The fourth-order valence-electron chi connectivity index (χ4n) is 5.51. The monoisotopic (exact) mass is 709 g/mol. The molecule has 6 rings (SSSR count). The van der Waals surface area contributed by atoms with E-state index in [2.05, 4.69) is 73.6 Å². The summed E-state index contributed by atoms with van der Waals surface area (Å²) in [6, 6.07) is 23.8. The number of phenols is 1. The third-order valence-electron chi connectivity index (χ3n) is 7.66. The normalized spacial score (nSPS) is 11.3. The van der Waals surface area contributed by atoms with E-state index in [0.717, 1.165) is 58.9 Å². The first-order valence-corrected chi connectivity index (χ1v) is 13.8. The van der Waals surface area contributed by atoms with Crippen LogP contribution >= 0.6 is 0 Å². The Bertz CT molecular complexity index is 1860. The molecule has 0 atom stereocenters. The maximum atomic E-state index is 10.5. The fraction of sp³-hybridized carbons (Fsp3) is 0.235. The van der Waals surface area contributed by atoms with E-state index in [9.17, 15) is 5.11 Å². The Morgan fingerprint density at radius 2 is 1.60 bits per heavy atom. The molecular formula is C34H32N3O2Pt-. The van der Waals surface area contributed by atoms with Crippen molar-refractivity contribution in [3.05, 3.63) is 95.2 Å². The van der Waals surface area contributed by atoms with Gasteiger partial charge < -0.3 is 14.4 Å². The molecule has 1 N–H and O–H groups in total. The molecule has 0 aliphatic heterocycles. The second-order valence-electron chi connectivity index (χ2n) is 9.89. The van der Waals surface area contributed by atoms with Crippen molar-refractivity contribution in [3.8, 4) is 23.2 Å². The van der Waals surface area contributed by atoms with Crippen LogP contribution < -0.4 is 4.74 Å². The third kappa shape index (κ3) is 4.77. The number of aryl methyl sites for hydroxylation is 4. The Hall–Kier alpha value is -3.69. The first-order valence-electron chi connectivity index (χ1n) is 13.8. The predicted molar refractivity (Wildman–Crippen MR) is 158 cm³/mol. The molecule has 0 fully saturated rings. The van der Waals surface area contributed by atoms with Crippen molar-refractivity contribution < 1.29 is 30.9 Å². The number of fused-ring (bicyclic) bond motifs is 4. The van der Waals surface area contributed by atoms with Gasteiger partial charge in [-0.1, -0.05) is 57.5 Å². The van der Waals surface area contributed by atoms with Crippen molar-refractivity contribution >= 4 is 32.7 Å². The molecule has 6 heteroatoms. The molecule has 3 aromatic heterocycles. The summed E-state index contributed by atoms with van der Waals surface area (Å²) >= 11 is 0. The molecule has 0 saturated carbocycles. The van der Waals surface area contributed by atoms with E-state index in [1.54, 1.807) is 6.07 Å². The predicted octanol–water partition coefficient (Wildman–Crippen LogP) is 8.27. The van der Waals surface area contributed by atoms with E-state index < -0.39 is 0 Å². The zero-order chi connectivity index (χ0) is 27.1. The summed E-state index contributed by atoms with van der Waals surface area (Å²) in [5.74, 6) is 2.02. The van der Waals surface area contributed by atoms with Gasteiger partial charge in [0.05, 0.1) is 0 Å². The summed E-state index contributed by atoms with van der Waals surface area (Å²) in [5, 5.41) is 13.7. The summed E-state index contributed by atoms with van der Waals surface area (Å²) in [6.45, 7) is 8.63. The summed E-state index contributed by atoms with van der Waals surface area (Å²) in [6.07, 6.45) is 5.69. The molecule has 0 radical (unpaired) electrons. The van der Waals surface area contributed by atoms with Crippen molar-refractivity contribution in [2.75, 3.05) is 0 Å². The standard InChI is InChI=1S/C34H32N3O2.Pt/c1-5-21-12-15-29-28(16-21)27-14-13-25(19-30(27)37(29)32-17-22(6-2)24(8-4)20-35-32)39-33-18-23(7-3)26-10-9-11-31(38)34(26)36-33;/h9-18,20,38H,5-8H2,1-4H3;/q-1;. The summed E-state index contributed by atoms with van der Waals surface area (Å²) in [7, 11) is 0.